The first-order chi connectivity index (χ1) is 17.7. The molecule has 0 aliphatic heterocycles. The Hall–Kier alpha value is -3.23. The van der Waals surface area contributed by atoms with Gasteiger partial charge in [0.1, 0.15) is 5.82 Å². The lowest BCUT2D eigenvalue weighted by Crippen LogP contribution is -2.35. The minimum Gasteiger partial charge on any atom is -0.346 e. The molecule has 5 rings (SSSR count). The number of amides is 1. The topological polar surface area (TPSA) is 59.1 Å². The number of hydrogen-bond donors (Lipinski definition) is 1. The van der Waals surface area contributed by atoms with E-state index in [1.165, 1.54) is 30.5 Å². The molecule has 37 heavy (non-hydrogen) atoms. The van der Waals surface area contributed by atoms with Crippen molar-refractivity contribution in [1.82, 2.24) is 10.3 Å². The fourth-order valence-corrected chi connectivity index (χ4v) is 5.92. The smallest absolute Gasteiger partial charge is 0.291 e. The number of rotatable bonds is 7. The van der Waals surface area contributed by atoms with Gasteiger partial charge in [0.2, 0.25) is 0 Å². The molecule has 0 radical (unpaired) electrons. The van der Waals surface area contributed by atoms with Crippen molar-refractivity contribution in [2.24, 2.45) is 0 Å². The maximum absolute atomic E-state index is 15.3. The Morgan fingerprint density at radius 1 is 1.11 bits per heavy atom. The van der Waals surface area contributed by atoms with Crippen LogP contribution in [-0.4, -0.2) is 21.6 Å². The van der Waals surface area contributed by atoms with Crippen LogP contribution in [0.4, 0.5) is 13.2 Å². The van der Waals surface area contributed by atoms with Crippen molar-refractivity contribution in [1.29, 1.82) is 0 Å². The first kappa shape index (κ1) is 25.4. The summed E-state index contributed by atoms with van der Waals surface area (Å²) in [5, 5.41) is 2.48. The van der Waals surface area contributed by atoms with Crippen LogP contribution in [0.5, 0.6) is 0 Å². The molecule has 1 amide bonds. The van der Waals surface area contributed by atoms with E-state index < -0.39 is 40.6 Å². The van der Waals surface area contributed by atoms with Gasteiger partial charge in [-0.25, -0.2) is 8.60 Å². The maximum Gasteiger partial charge on any atom is 0.291 e. The summed E-state index contributed by atoms with van der Waals surface area (Å²) in [6.45, 7) is 0.692. The van der Waals surface area contributed by atoms with Crippen LogP contribution in [0.3, 0.4) is 0 Å². The molecule has 1 N–H and O–H groups in total. The van der Waals surface area contributed by atoms with Crippen LogP contribution in [0, 0.1) is 12.7 Å². The van der Waals surface area contributed by atoms with E-state index >= 15 is 13.2 Å². The summed E-state index contributed by atoms with van der Waals surface area (Å²) in [7, 11) is -2.12. The zero-order chi connectivity index (χ0) is 26.3. The first-order valence-corrected chi connectivity index (χ1v) is 13.2. The molecule has 9 heteroatoms. The van der Waals surface area contributed by atoms with Gasteiger partial charge in [-0.05, 0) is 55.0 Å². The second kappa shape index (κ2) is 9.91. The Morgan fingerprint density at radius 3 is 2.59 bits per heavy atom. The molecule has 0 saturated heterocycles. The molecule has 1 aliphatic rings. The molecule has 0 bridgehead atoms. The van der Waals surface area contributed by atoms with Crippen molar-refractivity contribution in [3.8, 4) is 0 Å². The molecule has 4 nitrogen and oxygen atoms in total. The molecule has 1 saturated carbocycles. The maximum atomic E-state index is 15.3. The van der Waals surface area contributed by atoms with Crippen molar-refractivity contribution in [2.75, 3.05) is 6.54 Å². The molecule has 1 heterocycles. The summed E-state index contributed by atoms with van der Waals surface area (Å²) in [5.74, 6) is -4.83. The number of fused-ring (bicyclic) bond motifs is 1. The van der Waals surface area contributed by atoms with Crippen molar-refractivity contribution in [3.63, 3.8) is 0 Å². The Balaban J connectivity index is 1.52. The number of carbonyl (C=O) groups is 1. The summed E-state index contributed by atoms with van der Waals surface area (Å²) < 4.78 is 58.9. The largest absolute Gasteiger partial charge is 0.346 e. The number of nitrogens with zero attached hydrogens (tertiary/aromatic N) is 1. The van der Waals surface area contributed by atoms with E-state index in [4.69, 9.17) is 11.6 Å². The number of para-hydroxylation sites is 1. The Morgan fingerprint density at radius 2 is 1.86 bits per heavy atom. The minimum absolute atomic E-state index is 0.0558. The first-order valence-electron chi connectivity index (χ1n) is 11.7. The molecule has 1 unspecified atom stereocenters. The van der Waals surface area contributed by atoms with Gasteiger partial charge < -0.3 is 5.32 Å². The molecule has 1 aliphatic carbocycles. The highest BCUT2D eigenvalue weighted by atomic mass is 35.5. The number of carbonyl (C=O) groups excluding carboxylic acids is 1. The van der Waals surface area contributed by atoms with E-state index in [0.29, 0.717) is 16.5 Å². The van der Waals surface area contributed by atoms with Crippen LogP contribution in [0.15, 0.2) is 76.7 Å². The Bertz CT molecular complexity index is 1560. The predicted molar refractivity (Wildman–Crippen MR) is 137 cm³/mol. The quantitative estimate of drug-likeness (QED) is 0.276. The average molecular weight is 543 g/mol. The monoisotopic (exact) mass is 542 g/mol. The van der Waals surface area contributed by atoms with Crippen molar-refractivity contribution in [2.45, 2.75) is 41.4 Å². The van der Waals surface area contributed by atoms with Gasteiger partial charge in [0.05, 0.1) is 43.2 Å². The number of aromatic nitrogens is 1. The van der Waals surface area contributed by atoms with E-state index in [0.717, 1.165) is 18.4 Å². The van der Waals surface area contributed by atoms with Crippen molar-refractivity contribution < 1.29 is 22.2 Å². The number of alkyl halides is 2. The number of aryl methyl sites for hydroxylation is 1. The molecular weight excluding hydrogens is 521 g/mol. The van der Waals surface area contributed by atoms with E-state index in [9.17, 15) is 9.00 Å². The van der Waals surface area contributed by atoms with Crippen LogP contribution in [0.25, 0.3) is 10.9 Å². The van der Waals surface area contributed by atoms with Crippen molar-refractivity contribution >= 4 is 39.2 Å². The van der Waals surface area contributed by atoms with E-state index in [2.05, 4.69) is 10.3 Å². The van der Waals surface area contributed by atoms with Gasteiger partial charge in [0.25, 0.3) is 11.8 Å². The summed E-state index contributed by atoms with van der Waals surface area (Å²) in [6, 6.07) is 15.5. The highest BCUT2D eigenvalue weighted by molar-refractivity contribution is 7.85. The zero-order valence-electron chi connectivity index (χ0n) is 19.7. The second-order valence-electron chi connectivity index (χ2n) is 9.09. The van der Waals surface area contributed by atoms with Crippen molar-refractivity contribution in [3.05, 3.63) is 100.0 Å². The lowest BCUT2D eigenvalue weighted by atomic mass is 10.1. The molecule has 1 atom stereocenters. The van der Waals surface area contributed by atoms with Gasteiger partial charge in [0, 0.05) is 17.1 Å². The molecule has 1 fully saturated rings. The third kappa shape index (κ3) is 5.00. The number of nitrogens with one attached hydrogen (secondary N) is 1. The van der Waals surface area contributed by atoms with Gasteiger partial charge in [-0.15, -0.1) is 0 Å². The number of halogens is 4. The SMILES string of the molecule is Cc1ccc(C(F)(F)CNC(=O)c2c(S(=O)c3cccc(C4CC4)c3F)cnc3ccccc23)c(Cl)c1. The lowest BCUT2D eigenvalue weighted by Gasteiger charge is -2.20. The van der Waals surface area contributed by atoms with Gasteiger partial charge >= 0.3 is 0 Å². The highest BCUT2D eigenvalue weighted by Crippen LogP contribution is 2.42. The third-order valence-corrected chi connectivity index (χ3v) is 8.10. The molecule has 4 aromatic rings. The third-order valence-electron chi connectivity index (χ3n) is 6.37. The number of hydrogen-bond acceptors (Lipinski definition) is 3. The minimum atomic E-state index is -3.46. The average Bonchev–Trinajstić information content (AvgIpc) is 3.71. The van der Waals surface area contributed by atoms with E-state index in [1.54, 1.807) is 43.3 Å². The molecule has 0 spiro atoms. The second-order valence-corrected chi connectivity index (χ2v) is 10.9. The molecular formula is C28H22ClF3N2O2S. The van der Waals surface area contributed by atoms with Gasteiger partial charge in [0.15, 0.2) is 0 Å². The summed E-state index contributed by atoms with van der Waals surface area (Å²) in [5.41, 5.74) is 1.12. The van der Waals surface area contributed by atoms with Gasteiger partial charge in [-0.3, -0.25) is 9.78 Å². The van der Waals surface area contributed by atoms with Crippen LogP contribution in [-0.2, 0) is 16.7 Å². The molecule has 190 valence electrons. The van der Waals surface area contributed by atoms with Crippen LogP contribution in [0.1, 0.15) is 45.8 Å². The normalized spacial score (nSPS) is 14.5. The predicted octanol–water partition coefficient (Wildman–Crippen LogP) is 6.90. The zero-order valence-corrected chi connectivity index (χ0v) is 21.3. The summed E-state index contributed by atoms with van der Waals surface area (Å²) in [4.78, 5) is 17.5. The van der Waals surface area contributed by atoms with Crippen LogP contribution < -0.4 is 5.32 Å². The Kier molecular flexibility index (Phi) is 6.81. The number of benzene rings is 3. The molecule has 3 aromatic carbocycles. The van der Waals surface area contributed by atoms with E-state index in [1.807, 2.05) is 0 Å². The van der Waals surface area contributed by atoms with Gasteiger partial charge in [-0.2, -0.15) is 8.78 Å². The van der Waals surface area contributed by atoms with E-state index in [-0.39, 0.29) is 26.3 Å². The Labute approximate surface area is 219 Å². The highest BCUT2D eigenvalue weighted by Gasteiger charge is 2.35. The van der Waals surface area contributed by atoms with Crippen LogP contribution in [0.2, 0.25) is 5.02 Å². The van der Waals surface area contributed by atoms with Gasteiger partial charge in [-0.1, -0.05) is 54.1 Å². The lowest BCUT2D eigenvalue weighted by molar-refractivity contribution is -0.00238. The van der Waals surface area contributed by atoms with Crippen LogP contribution >= 0.6 is 11.6 Å². The molecule has 1 aromatic heterocycles. The summed E-state index contributed by atoms with van der Waals surface area (Å²) >= 11 is 6.04. The fraction of sp³-hybridized carbons (Fsp3) is 0.214. The fourth-order valence-electron chi connectivity index (χ4n) is 4.29. The summed E-state index contributed by atoms with van der Waals surface area (Å²) in [6.07, 6.45) is 2.96. The standard InChI is InChI=1S/C28H22ClF3N2O2S/c1-16-9-12-20(21(29)13-16)28(31,32)15-34-27(35)25-19-5-2-3-7-22(19)33-14-24(25)37(36)23-8-4-6-18(26(23)30)17-10-11-17/h2-9,12-14,17H,10-11,15H2,1H3,(H,34,35). The number of pyridine rings is 1.